The molecule has 0 bridgehead atoms. The summed E-state index contributed by atoms with van der Waals surface area (Å²) in [4.78, 5) is 41.4. The maximum absolute atomic E-state index is 13.2. The van der Waals surface area contributed by atoms with E-state index in [1.807, 2.05) is 13.8 Å². The molecule has 11 nitrogen and oxygen atoms in total. The first-order valence-corrected chi connectivity index (χ1v) is 15.3. The maximum Gasteiger partial charge on any atom is 0.321 e. The van der Waals surface area contributed by atoms with Crippen LogP contribution < -0.4 is 16.0 Å². The molecule has 2 atom stereocenters. The quantitative estimate of drug-likeness (QED) is 0.460. The Hall–Kier alpha value is -2.84. The zero-order valence-corrected chi connectivity index (χ0v) is 24.2. The number of rotatable bonds is 7. The van der Waals surface area contributed by atoms with Crippen LogP contribution in [0.3, 0.4) is 0 Å². The number of thiophene rings is 1. The van der Waals surface area contributed by atoms with Gasteiger partial charge < -0.3 is 15.4 Å². The lowest BCUT2D eigenvalue weighted by atomic mass is 10.0. The molecule has 212 valence electrons. The standard InChI is InChI=1S/C26H35N5O6S2/c1-5-11-30-12-10-20-21(15-30)38-25(22(20)24(33)29-26(34)27-4)28-23(32)18-6-8-19(9-7-18)39(35,36)31-13-16(2)37-17(3)14-31/h6-9,16-17H,5,10-15H2,1-4H3,(H,28,32)(H2,27,29,33,34). The van der Waals surface area contributed by atoms with Crippen LogP contribution in [0.2, 0.25) is 0 Å². The lowest BCUT2D eigenvalue weighted by Gasteiger charge is -2.34. The number of hydrogen-bond donors (Lipinski definition) is 3. The predicted molar refractivity (Wildman–Crippen MR) is 149 cm³/mol. The van der Waals surface area contributed by atoms with E-state index in [9.17, 15) is 22.8 Å². The summed E-state index contributed by atoms with van der Waals surface area (Å²) >= 11 is 1.32. The van der Waals surface area contributed by atoms with Gasteiger partial charge in [0.25, 0.3) is 11.8 Å². The van der Waals surface area contributed by atoms with Crippen molar-refractivity contribution in [3.63, 3.8) is 0 Å². The van der Waals surface area contributed by atoms with E-state index in [4.69, 9.17) is 4.74 Å². The van der Waals surface area contributed by atoms with E-state index in [0.29, 0.717) is 18.0 Å². The summed E-state index contributed by atoms with van der Waals surface area (Å²) in [5.74, 6) is -1.06. The van der Waals surface area contributed by atoms with Crippen molar-refractivity contribution >= 4 is 44.2 Å². The Balaban J connectivity index is 1.56. The Morgan fingerprint density at radius 2 is 1.74 bits per heavy atom. The molecule has 2 aliphatic rings. The lowest BCUT2D eigenvalue weighted by molar-refractivity contribution is -0.0440. The van der Waals surface area contributed by atoms with Crippen LogP contribution in [0.1, 0.15) is 58.3 Å². The van der Waals surface area contributed by atoms with Gasteiger partial charge in [0.05, 0.1) is 22.7 Å². The highest BCUT2D eigenvalue weighted by Gasteiger charge is 2.33. The average molecular weight is 578 g/mol. The summed E-state index contributed by atoms with van der Waals surface area (Å²) in [5.41, 5.74) is 1.37. The van der Waals surface area contributed by atoms with Crippen LogP contribution in [0.25, 0.3) is 0 Å². The van der Waals surface area contributed by atoms with Crippen molar-refractivity contribution < 1.29 is 27.5 Å². The van der Waals surface area contributed by atoms with E-state index in [0.717, 1.165) is 30.0 Å². The van der Waals surface area contributed by atoms with E-state index in [1.54, 1.807) is 0 Å². The van der Waals surface area contributed by atoms with Gasteiger partial charge in [-0.3, -0.25) is 19.8 Å². The van der Waals surface area contributed by atoms with Crippen molar-refractivity contribution in [1.29, 1.82) is 0 Å². The Morgan fingerprint density at radius 1 is 1.08 bits per heavy atom. The topological polar surface area (TPSA) is 137 Å². The van der Waals surface area contributed by atoms with E-state index >= 15 is 0 Å². The highest BCUT2D eigenvalue weighted by atomic mass is 32.2. The smallest absolute Gasteiger partial charge is 0.321 e. The molecule has 1 fully saturated rings. The second-order valence-corrected chi connectivity index (χ2v) is 12.9. The van der Waals surface area contributed by atoms with Crippen LogP contribution in [-0.2, 0) is 27.7 Å². The summed E-state index contributed by atoms with van der Waals surface area (Å²) in [7, 11) is -2.33. The molecule has 0 spiro atoms. The van der Waals surface area contributed by atoms with Gasteiger partial charge in [0.1, 0.15) is 5.00 Å². The van der Waals surface area contributed by atoms with Gasteiger partial charge in [-0.1, -0.05) is 6.92 Å². The number of nitrogens with one attached hydrogen (secondary N) is 3. The van der Waals surface area contributed by atoms with Gasteiger partial charge in [0.15, 0.2) is 0 Å². The van der Waals surface area contributed by atoms with E-state index < -0.39 is 27.9 Å². The zero-order valence-electron chi connectivity index (χ0n) is 22.6. The van der Waals surface area contributed by atoms with Gasteiger partial charge in [-0.25, -0.2) is 13.2 Å². The SMILES string of the molecule is CCCN1CCc2c(sc(NC(=O)c3ccc(S(=O)(=O)N4CC(C)OC(C)C4)cc3)c2C(=O)NC(=O)NC)C1. The molecule has 1 aromatic heterocycles. The fourth-order valence-electron chi connectivity index (χ4n) is 4.95. The molecule has 4 amide bonds. The van der Waals surface area contributed by atoms with Crippen LogP contribution in [0.5, 0.6) is 0 Å². The predicted octanol–water partition coefficient (Wildman–Crippen LogP) is 2.64. The van der Waals surface area contributed by atoms with Gasteiger partial charge >= 0.3 is 6.03 Å². The number of morpholine rings is 1. The number of nitrogens with zero attached hydrogens (tertiary/aromatic N) is 2. The third-order valence-electron chi connectivity index (χ3n) is 6.72. The Bertz CT molecular complexity index is 1330. The fourth-order valence-corrected chi connectivity index (χ4v) is 7.82. The molecular formula is C26H35N5O6S2. The molecule has 2 unspecified atom stereocenters. The highest BCUT2D eigenvalue weighted by Crippen LogP contribution is 2.37. The summed E-state index contributed by atoms with van der Waals surface area (Å²) < 4.78 is 33.4. The molecule has 0 aliphatic carbocycles. The number of carbonyl (C=O) groups is 3. The first kappa shape index (κ1) is 29.2. The van der Waals surface area contributed by atoms with Crippen molar-refractivity contribution in [2.75, 3.05) is 38.5 Å². The van der Waals surface area contributed by atoms with Crippen molar-refractivity contribution in [3.05, 3.63) is 45.8 Å². The van der Waals surface area contributed by atoms with Crippen molar-refractivity contribution in [2.24, 2.45) is 0 Å². The number of urea groups is 1. The van der Waals surface area contributed by atoms with Crippen LogP contribution in [0.4, 0.5) is 9.80 Å². The molecule has 1 saturated heterocycles. The molecule has 4 rings (SSSR count). The molecule has 2 aromatic rings. The average Bonchev–Trinajstić information content (AvgIpc) is 3.25. The van der Waals surface area contributed by atoms with Crippen LogP contribution in [0, 0.1) is 0 Å². The number of ether oxygens (including phenoxy) is 1. The van der Waals surface area contributed by atoms with Crippen LogP contribution in [0.15, 0.2) is 29.2 Å². The van der Waals surface area contributed by atoms with Crippen LogP contribution >= 0.6 is 11.3 Å². The largest absolute Gasteiger partial charge is 0.373 e. The molecule has 13 heteroatoms. The molecule has 3 heterocycles. The summed E-state index contributed by atoms with van der Waals surface area (Å²) in [6.07, 6.45) is 1.20. The van der Waals surface area contributed by atoms with Gasteiger partial charge in [0.2, 0.25) is 10.0 Å². The van der Waals surface area contributed by atoms with E-state index in [2.05, 4.69) is 27.8 Å². The number of fused-ring (bicyclic) bond motifs is 1. The minimum absolute atomic E-state index is 0.0913. The first-order valence-electron chi connectivity index (χ1n) is 13.0. The summed E-state index contributed by atoms with van der Waals surface area (Å²) in [5, 5.41) is 7.86. The van der Waals surface area contributed by atoms with Crippen molar-refractivity contribution in [3.8, 4) is 0 Å². The molecule has 2 aliphatic heterocycles. The second kappa shape index (κ2) is 12.1. The molecule has 1 aromatic carbocycles. The summed E-state index contributed by atoms with van der Waals surface area (Å²) in [6.45, 7) is 8.66. The summed E-state index contributed by atoms with van der Waals surface area (Å²) in [6, 6.07) is 5.10. The monoisotopic (exact) mass is 577 g/mol. The highest BCUT2D eigenvalue weighted by molar-refractivity contribution is 7.89. The van der Waals surface area contributed by atoms with Crippen molar-refractivity contribution in [1.82, 2.24) is 19.8 Å². The minimum atomic E-state index is -3.75. The first-order chi connectivity index (χ1) is 18.5. The number of benzene rings is 1. The molecule has 3 N–H and O–H groups in total. The number of sulfonamides is 1. The van der Waals surface area contributed by atoms with Crippen LogP contribution in [-0.4, -0.2) is 80.9 Å². The number of imide groups is 1. The van der Waals surface area contributed by atoms with Gasteiger partial charge in [0, 0.05) is 43.7 Å². The molecular weight excluding hydrogens is 542 g/mol. The number of anilines is 1. The zero-order chi connectivity index (χ0) is 28.3. The third kappa shape index (κ3) is 6.49. The number of hydrogen-bond acceptors (Lipinski definition) is 8. The van der Waals surface area contributed by atoms with Gasteiger partial charge in [-0.05, 0) is 63.1 Å². The maximum atomic E-state index is 13.2. The number of amides is 4. The van der Waals surface area contributed by atoms with Crippen molar-refractivity contribution in [2.45, 2.75) is 57.3 Å². The number of carbonyl (C=O) groups excluding carboxylic acids is 3. The minimum Gasteiger partial charge on any atom is -0.373 e. The third-order valence-corrected chi connectivity index (χ3v) is 9.70. The van der Waals surface area contributed by atoms with E-state index in [1.165, 1.54) is 47.0 Å². The Labute approximate surface area is 232 Å². The Kier molecular flexibility index (Phi) is 9.07. The molecule has 39 heavy (non-hydrogen) atoms. The van der Waals surface area contributed by atoms with Gasteiger partial charge in [-0.15, -0.1) is 11.3 Å². The molecule has 0 saturated carbocycles. The van der Waals surface area contributed by atoms with E-state index in [-0.39, 0.29) is 41.3 Å². The molecule has 0 radical (unpaired) electrons. The van der Waals surface area contributed by atoms with Gasteiger partial charge in [-0.2, -0.15) is 4.31 Å². The second-order valence-electron chi connectivity index (χ2n) is 9.83. The Morgan fingerprint density at radius 3 is 2.36 bits per heavy atom. The lowest BCUT2D eigenvalue weighted by Crippen LogP contribution is -2.48. The normalized spacial score (nSPS) is 20.2. The fraction of sp³-hybridized carbons (Fsp3) is 0.500.